The van der Waals surface area contributed by atoms with Crippen molar-refractivity contribution < 1.29 is 4.63 Å². The van der Waals surface area contributed by atoms with Gasteiger partial charge in [-0.05, 0) is 0 Å². The van der Waals surface area contributed by atoms with E-state index in [1.165, 1.54) is 0 Å². The standard InChI is InChI=1S/C6H10N2O/c1-6(2,3)5-4-7-9-8-5/h4H,1-3H3. The molecule has 0 saturated heterocycles. The van der Waals surface area contributed by atoms with Crippen LogP contribution in [-0.2, 0) is 5.41 Å². The van der Waals surface area contributed by atoms with Gasteiger partial charge in [0.2, 0.25) is 0 Å². The Hall–Kier alpha value is -0.860. The molecule has 0 fully saturated rings. The smallest absolute Gasteiger partial charge is 0.110 e. The fraction of sp³-hybridized carbons (Fsp3) is 0.667. The predicted molar refractivity (Wildman–Crippen MR) is 33.0 cm³/mol. The summed E-state index contributed by atoms with van der Waals surface area (Å²) in [6.45, 7) is 6.19. The molecule has 3 heteroatoms. The maximum absolute atomic E-state index is 4.44. The lowest BCUT2D eigenvalue weighted by molar-refractivity contribution is 0.297. The van der Waals surface area contributed by atoms with E-state index in [0.717, 1.165) is 5.69 Å². The molecule has 0 aliphatic heterocycles. The highest BCUT2D eigenvalue weighted by Crippen LogP contribution is 2.17. The third-order valence-electron chi connectivity index (χ3n) is 1.13. The lowest BCUT2D eigenvalue weighted by Gasteiger charge is -2.11. The number of aromatic nitrogens is 2. The molecule has 0 spiro atoms. The van der Waals surface area contributed by atoms with E-state index in [2.05, 4.69) is 35.7 Å². The molecule has 0 bridgehead atoms. The summed E-state index contributed by atoms with van der Waals surface area (Å²) in [4.78, 5) is 0. The van der Waals surface area contributed by atoms with Crippen LogP contribution < -0.4 is 0 Å². The van der Waals surface area contributed by atoms with Gasteiger partial charge in [0, 0.05) is 5.41 Å². The summed E-state index contributed by atoms with van der Waals surface area (Å²) in [5.41, 5.74) is 0.947. The zero-order valence-corrected chi connectivity index (χ0v) is 5.88. The van der Waals surface area contributed by atoms with E-state index >= 15 is 0 Å². The first kappa shape index (κ1) is 6.26. The summed E-state index contributed by atoms with van der Waals surface area (Å²) in [6.07, 6.45) is 1.64. The molecule has 1 rings (SSSR count). The third kappa shape index (κ3) is 1.28. The van der Waals surface area contributed by atoms with Crippen molar-refractivity contribution >= 4 is 0 Å². The molecule has 1 aromatic rings. The molecule has 0 unspecified atom stereocenters. The lowest BCUT2D eigenvalue weighted by atomic mass is 9.93. The van der Waals surface area contributed by atoms with Gasteiger partial charge in [-0.1, -0.05) is 31.1 Å². The van der Waals surface area contributed by atoms with E-state index < -0.39 is 0 Å². The van der Waals surface area contributed by atoms with Gasteiger partial charge in [-0.25, -0.2) is 4.63 Å². The van der Waals surface area contributed by atoms with Crippen molar-refractivity contribution in [3.05, 3.63) is 11.9 Å². The summed E-state index contributed by atoms with van der Waals surface area (Å²) in [7, 11) is 0. The summed E-state index contributed by atoms with van der Waals surface area (Å²) < 4.78 is 4.44. The molecule has 1 heterocycles. The summed E-state index contributed by atoms with van der Waals surface area (Å²) in [5, 5.41) is 7.20. The van der Waals surface area contributed by atoms with Crippen LogP contribution in [0.3, 0.4) is 0 Å². The second-order valence-electron chi connectivity index (χ2n) is 3.04. The molecule has 9 heavy (non-hydrogen) atoms. The molecule has 0 aliphatic carbocycles. The normalized spacial score (nSPS) is 11.9. The van der Waals surface area contributed by atoms with Crippen molar-refractivity contribution in [1.82, 2.24) is 10.3 Å². The monoisotopic (exact) mass is 126 g/mol. The summed E-state index contributed by atoms with van der Waals surface area (Å²) in [6, 6.07) is 0. The fourth-order valence-electron chi connectivity index (χ4n) is 0.495. The molecule has 0 aliphatic rings. The Kier molecular flexibility index (Phi) is 1.27. The van der Waals surface area contributed by atoms with Crippen LogP contribution in [0.1, 0.15) is 26.5 Å². The van der Waals surface area contributed by atoms with Crippen LogP contribution in [0.25, 0.3) is 0 Å². The number of hydrogen-bond donors (Lipinski definition) is 0. The van der Waals surface area contributed by atoms with E-state index in [9.17, 15) is 0 Å². The number of rotatable bonds is 0. The molecule has 0 N–H and O–H groups in total. The molecule has 50 valence electrons. The minimum absolute atomic E-state index is 0.0556. The van der Waals surface area contributed by atoms with Crippen LogP contribution in [0.2, 0.25) is 0 Å². The Morgan fingerprint density at radius 3 is 2.33 bits per heavy atom. The SMILES string of the molecule is CC(C)(C)c1cnon1. The molecular weight excluding hydrogens is 116 g/mol. The van der Waals surface area contributed by atoms with E-state index in [1.807, 2.05) is 0 Å². The van der Waals surface area contributed by atoms with E-state index in [0.29, 0.717) is 0 Å². The second kappa shape index (κ2) is 1.83. The minimum Gasteiger partial charge on any atom is -0.244 e. The molecule has 0 amide bonds. The van der Waals surface area contributed by atoms with Crippen molar-refractivity contribution in [1.29, 1.82) is 0 Å². The van der Waals surface area contributed by atoms with Gasteiger partial charge in [-0.3, -0.25) is 0 Å². The number of hydrogen-bond acceptors (Lipinski definition) is 3. The fourth-order valence-corrected chi connectivity index (χ4v) is 0.495. The quantitative estimate of drug-likeness (QED) is 0.527. The van der Waals surface area contributed by atoms with Crippen LogP contribution in [0.15, 0.2) is 10.8 Å². The van der Waals surface area contributed by atoms with Crippen molar-refractivity contribution in [2.24, 2.45) is 0 Å². The molecular formula is C6H10N2O. The highest BCUT2D eigenvalue weighted by atomic mass is 16.6. The average molecular weight is 126 g/mol. The molecule has 0 aromatic carbocycles. The Morgan fingerprint density at radius 2 is 2.11 bits per heavy atom. The van der Waals surface area contributed by atoms with Gasteiger partial charge in [0.25, 0.3) is 0 Å². The van der Waals surface area contributed by atoms with Crippen molar-refractivity contribution in [2.75, 3.05) is 0 Å². The largest absolute Gasteiger partial charge is 0.244 e. The van der Waals surface area contributed by atoms with E-state index in [-0.39, 0.29) is 5.41 Å². The Bertz CT molecular complexity index is 173. The molecule has 3 nitrogen and oxygen atoms in total. The summed E-state index contributed by atoms with van der Waals surface area (Å²) >= 11 is 0. The average Bonchev–Trinajstić information content (AvgIpc) is 2.08. The van der Waals surface area contributed by atoms with Gasteiger partial charge in [0.1, 0.15) is 5.69 Å². The molecule has 0 atom stereocenters. The van der Waals surface area contributed by atoms with E-state index in [4.69, 9.17) is 0 Å². The maximum Gasteiger partial charge on any atom is 0.110 e. The predicted octanol–water partition coefficient (Wildman–Crippen LogP) is 1.37. The van der Waals surface area contributed by atoms with Gasteiger partial charge in [0.15, 0.2) is 0 Å². The first-order valence-electron chi connectivity index (χ1n) is 2.89. The molecule has 0 saturated carbocycles. The third-order valence-corrected chi connectivity index (χ3v) is 1.13. The summed E-state index contributed by atoms with van der Waals surface area (Å²) in [5.74, 6) is 0. The highest BCUT2D eigenvalue weighted by molar-refractivity contribution is 5.04. The van der Waals surface area contributed by atoms with Crippen LogP contribution in [0.5, 0.6) is 0 Å². The maximum atomic E-state index is 4.44. The Labute approximate surface area is 54.0 Å². The Morgan fingerprint density at radius 1 is 1.44 bits per heavy atom. The van der Waals surface area contributed by atoms with Crippen molar-refractivity contribution in [3.63, 3.8) is 0 Å². The van der Waals surface area contributed by atoms with Gasteiger partial charge >= 0.3 is 0 Å². The highest BCUT2D eigenvalue weighted by Gasteiger charge is 2.16. The van der Waals surface area contributed by atoms with E-state index in [1.54, 1.807) is 6.20 Å². The topological polar surface area (TPSA) is 38.9 Å². The van der Waals surface area contributed by atoms with Gasteiger partial charge in [-0.2, -0.15) is 0 Å². The van der Waals surface area contributed by atoms with Gasteiger partial charge in [-0.15, -0.1) is 0 Å². The van der Waals surface area contributed by atoms with Crippen LogP contribution in [0, 0.1) is 0 Å². The zero-order chi connectivity index (χ0) is 6.91. The second-order valence-corrected chi connectivity index (χ2v) is 3.04. The number of nitrogens with zero attached hydrogens (tertiary/aromatic N) is 2. The molecule has 0 radical (unpaired) electrons. The first-order chi connectivity index (χ1) is 4.11. The van der Waals surface area contributed by atoms with Gasteiger partial charge < -0.3 is 0 Å². The van der Waals surface area contributed by atoms with Gasteiger partial charge in [0.05, 0.1) is 6.20 Å². The van der Waals surface area contributed by atoms with Crippen LogP contribution in [-0.4, -0.2) is 10.3 Å². The first-order valence-corrected chi connectivity index (χ1v) is 2.89. The molecule has 1 aromatic heterocycles. The van der Waals surface area contributed by atoms with Crippen LogP contribution in [0.4, 0.5) is 0 Å². The van der Waals surface area contributed by atoms with Crippen molar-refractivity contribution in [3.8, 4) is 0 Å². The Balaban J connectivity index is 2.90. The minimum atomic E-state index is 0.0556. The van der Waals surface area contributed by atoms with Crippen molar-refractivity contribution in [2.45, 2.75) is 26.2 Å². The van der Waals surface area contributed by atoms with Crippen LogP contribution >= 0.6 is 0 Å². The lowest BCUT2D eigenvalue weighted by Crippen LogP contribution is -2.10. The zero-order valence-electron chi connectivity index (χ0n) is 5.88.